The maximum atomic E-state index is 5.69. The molecule has 106 valence electrons. The van der Waals surface area contributed by atoms with Crippen LogP contribution in [0.4, 0.5) is 0 Å². The lowest BCUT2D eigenvalue weighted by atomic mass is 10.3. The molecule has 0 atom stereocenters. The molecule has 0 aliphatic carbocycles. The predicted molar refractivity (Wildman–Crippen MR) is 77.1 cm³/mol. The Morgan fingerprint density at radius 1 is 1.20 bits per heavy atom. The Morgan fingerprint density at radius 2 is 2.05 bits per heavy atom. The molecule has 5 nitrogen and oxygen atoms in total. The molecule has 1 N–H and O–H groups in total. The largest absolute Gasteiger partial charge is 0.497 e. The maximum Gasteiger partial charge on any atom is 0.238 e. The number of hydrogen-bond donors (Lipinski definition) is 1. The first-order valence-electron chi connectivity index (χ1n) is 6.65. The van der Waals surface area contributed by atoms with Crippen molar-refractivity contribution in [2.24, 2.45) is 0 Å². The van der Waals surface area contributed by atoms with Crippen LogP contribution in [0.1, 0.15) is 19.0 Å². The minimum atomic E-state index is 0.481. The molecule has 0 spiro atoms. The number of aromatic nitrogens is 2. The van der Waals surface area contributed by atoms with E-state index in [1.54, 1.807) is 19.5 Å². The fourth-order valence-corrected chi connectivity index (χ4v) is 1.70. The fraction of sp³-hybridized carbons (Fsp3) is 0.333. The maximum absolute atomic E-state index is 5.69. The molecule has 1 aromatic heterocycles. The van der Waals surface area contributed by atoms with Crippen LogP contribution in [-0.2, 0) is 6.54 Å². The van der Waals surface area contributed by atoms with Gasteiger partial charge in [0, 0.05) is 18.8 Å². The smallest absolute Gasteiger partial charge is 0.238 e. The zero-order valence-electron chi connectivity index (χ0n) is 11.8. The van der Waals surface area contributed by atoms with Gasteiger partial charge in [-0.05, 0) is 25.1 Å². The van der Waals surface area contributed by atoms with Crippen molar-refractivity contribution in [2.45, 2.75) is 19.9 Å². The van der Waals surface area contributed by atoms with Crippen LogP contribution in [0.15, 0.2) is 36.7 Å². The molecule has 0 saturated heterocycles. The molecule has 1 aromatic carbocycles. The van der Waals surface area contributed by atoms with Gasteiger partial charge < -0.3 is 14.8 Å². The Bertz CT molecular complexity index is 546. The molecular weight excluding hydrogens is 254 g/mol. The fourth-order valence-electron chi connectivity index (χ4n) is 1.70. The van der Waals surface area contributed by atoms with Crippen molar-refractivity contribution in [1.29, 1.82) is 0 Å². The van der Waals surface area contributed by atoms with Gasteiger partial charge in [-0.2, -0.15) is 0 Å². The van der Waals surface area contributed by atoms with Crippen molar-refractivity contribution >= 4 is 0 Å². The first-order chi connectivity index (χ1) is 9.81. The second-order valence-electron chi connectivity index (χ2n) is 4.31. The van der Waals surface area contributed by atoms with Gasteiger partial charge >= 0.3 is 0 Å². The Balaban J connectivity index is 2.03. The van der Waals surface area contributed by atoms with E-state index in [0.717, 1.165) is 24.4 Å². The summed E-state index contributed by atoms with van der Waals surface area (Å²) >= 11 is 0. The van der Waals surface area contributed by atoms with Crippen LogP contribution in [0.5, 0.6) is 17.4 Å². The van der Waals surface area contributed by atoms with Crippen molar-refractivity contribution in [3.05, 3.63) is 42.4 Å². The van der Waals surface area contributed by atoms with Gasteiger partial charge in [-0.25, -0.2) is 4.98 Å². The Morgan fingerprint density at radius 3 is 2.85 bits per heavy atom. The van der Waals surface area contributed by atoms with Gasteiger partial charge in [0.1, 0.15) is 11.5 Å². The monoisotopic (exact) mass is 273 g/mol. The molecule has 0 fully saturated rings. The lowest BCUT2D eigenvalue weighted by Crippen LogP contribution is -2.15. The van der Waals surface area contributed by atoms with Gasteiger partial charge in [0.2, 0.25) is 5.88 Å². The van der Waals surface area contributed by atoms with E-state index in [1.165, 1.54) is 0 Å². The van der Waals surface area contributed by atoms with Gasteiger partial charge in [-0.3, -0.25) is 4.98 Å². The molecule has 2 aromatic rings. The number of ether oxygens (including phenoxy) is 2. The zero-order valence-corrected chi connectivity index (χ0v) is 11.8. The highest BCUT2D eigenvalue weighted by Crippen LogP contribution is 2.23. The van der Waals surface area contributed by atoms with Crippen molar-refractivity contribution < 1.29 is 9.47 Å². The minimum Gasteiger partial charge on any atom is -0.497 e. The van der Waals surface area contributed by atoms with Crippen LogP contribution in [0, 0.1) is 0 Å². The molecular formula is C15H19N3O2. The second kappa shape index (κ2) is 7.45. The highest BCUT2D eigenvalue weighted by atomic mass is 16.5. The van der Waals surface area contributed by atoms with E-state index in [4.69, 9.17) is 9.47 Å². The second-order valence-corrected chi connectivity index (χ2v) is 4.31. The normalized spacial score (nSPS) is 10.3. The first-order valence-corrected chi connectivity index (χ1v) is 6.65. The summed E-state index contributed by atoms with van der Waals surface area (Å²) in [6, 6.07) is 7.40. The summed E-state index contributed by atoms with van der Waals surface area (Å²) in [7, 11) is 1.62. The number of nitrogens with one attached hydrogen (secondary N) is 1. The summed E-state index contributed by atoms with van der Waals surface area (Å²) in [4.78, 5) is 8.55. The van der Waals surface area contributed by atoms with Gasteiger partial charge in [0.15, 0.2) is 0 Å². The average Bonchev–Trinajstić information content (AvgIpc) is 2.48. The molecule has 1 heterocycles. The summed E-state index contributed by atoms with van der Waals surface area (Å²) in [6.07, 6.45) is 4.43. The molecule has 0 bridgehead atoms. The Kier molecular flexibility index (Phi) is 5.32. The van der Waals surface area contributed by atoms with Crippen LogP contribution < -0.4 is 14.8 Å². The van der Waals surface area contributed by atoms with Gasteiger partial charge in [0.05, 0.1) is 19.0 Å². The number of rotatable bonds is 7. The molecule has 0 unspecified atom stereocenters. The minimum absolute atomic E-state index is 0.481. The SMILES string of the molecule is CCCNCc1cncc(Oc2cccc(OC)c2)n1. The summed E-state index contributed by atoms with van der Waals surface area (Å²) in [5, 5.41) is 3.28. The molecule has 0 radical (unpaired) electrons. The van der Waals surface area contributed by atoms with Gasteiger partial charge in [-0.1, -0.05) is 13.0 Å². The van der Waals surface area contributed by atoms with Gasteiger partial charge in [-0.15, -0.1) is 0 Å². The van der Waals surface area contributed by atoms with Crippen molar-refractivity contribution in [2.75, 3.05) is 13.7 Å². The molecule has 0 amide bonds. The summed E-state index contributed by atoms with van der Waals surface area (Å²) in [5.74, 6) is 1.91. The van der Waals surface area contributed by atoms with Crippen LogP contribution in [0.25, 0.3) is 0 Å². The van der Waals surface area contributed by atoms with E-state index in [1.807, 2.05) is 24.3 Å². The van der Waals surface area contributed by atoms with Crippen LogP contribution in [0.2, 0.25) is 0 Å². The third-order valence-electron chi connectivity index (χ3n) is 2.66. The first kappa shape index (κ1) is 14.3. The molecule has 5 heteroatoms. The summed E-state index contributed by atoms with van der Waals surface area (Å²) in [6.45, 7) is 3.78. The van der Waals surface area contributed by atoms with E-state index in [0.29, 0.717) is 18.2 Å². The summed E-state index contributed by atoms with van der Waals surface area (Å²) < 4.78 is 10.8. The predicted octanol–water partition coefficient (Wildman–Crippen LogP) is 2.78. The van der Waals surface area contributed by atoms with E-state index in [-0.39, 0.29) is 0 Å². The van der Waals surface area contributed by atoms with Crippen LogP contribution in [-0.4, -0.2) is 23.6 Å². The van der Waals surface area contributed by atoms with E-state index in [2.05, 4.69) is 22.2 Å². The van der Waals surface area contributed by atoms with E-state index in [9.17, 15) is 0 Å². The van der Waals surface area contributed by atoms with E-state index >= 15 is 0 Å². The van der Waals surface area contributed by atoms with Gasteiger partial charge in [0.25, 0.3) is 0 Å². The van der Waals surface area contributed by atoms with Crippen molar-refractivity contribution in [3.8, 4) is 17.4 Å². The van der Waals surface area contributed by atoms with Crippen LogP contribution >= 0.6 is 0 Å². The number of methoxy groups -OCH3 is 1. The number of hydrogen-bond acceptors (Lipinski definition) is 5. The molecule has 0 saturated carbocycles. The lowest BCUT2D eigenvalue weighted by Gasteiger charge is -2.07. The quantitative estimate of drug-likeness (QED) is 0.786. The molecule has 0 aliphatic rings. The molecule has 0 aliphatic heterocycles. The Hall–Kier alpha value is -2.14. The number of benzene rings is 1. The molecule has 20 heavy (non-hydrogen) atoms. The third kappa shape index (κ3) is 4.20. The zero-order chi connectivity index (χ0) is 14.2. The van der Waals surface area contributed by atoms with Crippen molar-refractivity contribution in [3.63, 3.8) is 0 Å². The van der Waals surface area contributed by atoms with Crippen molar-refractivity contribution in [1.82, 2.24) is 15.3 Å². The summed E-state index contributed by atoms with van der Waals surface area (Å²) in [5.41, 5.74) is 0.860. The highest BCUT2D eigenvalue weighted by molar-refractivity contribution is 5.34. The Labute approximate surface area is 119 Å². The van der Waals surface area contributed by atoms with E-state index < -0.39 is 0 Å². The lowest BCUT2D eigenvalue weighted by molar-refractivity contribution is 0.406. The highest BCUT2D eigenvalue weighted by Gasteiger charge is 2.03. The molecule has 2 rings (SSSR count). The topological polar surface area (TPSA) is 56.3 Å². The van der Waals surface area contributed by atoms with Crippen LogP contribution in [0.3, 0.4) is 0 Å². The number of nitrogens with zero attached hydrogens (tertiary/aromatic N) is 2. The third-order valence-corrected chi connectivity index (χ3v) is 2.66. The average molecular weight is 273 g/mol. The standard InChI is InChI=1S/C15H19N3O2/c1-3-7-16-9-12-10-17-11-15(18-12)20-14-6-4-5-13(8-14)19-2/h4-6,8,10-11,16H,3,7,9H2,1-2H3.